The molecule has 1 aromatic carbocycles. The maximum absolute atomic E-state index is 6.16. The molecule has 2 atom stereocenters. The van der Waals surface area contributed by atoms with Gasteiger partial charge in [0.15, 0.2) is 0 Å². The lowest BCUT2D eigenvalue weighted by molar-refractivity contribution is 0.265. The van der Waals surface area contributed by atoms with E-state index in [1.54, 1.807) is 0 Å². The van der Waals surface area contributed by atoms with E-state index in [4.69, 9.17) is 5.73 Å². The highest BCUT2D eigenvalue weighted by Gasteiger charge is 2.22. The summed E-state index contributed by atoms with van der Waals surface area (Å²) >= 11 is 0. The molecule has 0 radical (unpaired) electrons. The van der Waals surface area contributed by atoms with Gasteiger partial charge in [-0.2, -0.15) is 0 Å². The lowest BCUT2D eigenvalue weighted by atomic mass is 9.83. The van der Waals surface area contributed by atoms with E-state index in [-0.39, 0.29) is 17.5 Å². The molecule has 0 aliphatic rings. The summed E-state index contributed by atoms with van der Waals surface area (Å²) in [4.78, 5) is 2.21. The quantitative estimate of drug-likeness (QED) is 0.890. The molecule has 2 heteroatoms. The number of hydrogen-bond acceptors (Lipinski definition) is 2. The third-order valence-electron chi connectivity index (χ3n) is 3.52. The second-order valence-electron chi connectivity index (χ2n) is 6.59. The molecule has 0 aromatic heterocycles. The number of rotatable bonds is 3. The Bertz CT molecular complexity index is 392. The van der Waals surface area contributed by atoms with Gasteiger partial charge in [-0.05, 0) is 50.0 Å². The van der Waals surface area contributed by atoms with Gasteiger partial charge >= 0.3 is 0 Å². The standard InChI is InChI=1S/C16H28N2/c1-11-8-9-13(16(3,4)5)10-14(11)15(12(2)17)18(6)7/h8-10,12,15H,17H2,1-7H3. The van der Waals surface area contributed by atoms with Crippen LogP contribution in [0.5, 0.6) is 0 Å². The smallest absolute Gasteiger partial charge is 0.0493 e. The molecule has 0 saturated heterocycles. The van der Waals surface area contributed by atoms with E-state index in [0.717, 1.165) is 0 Å². The second-order valence-corrected chi connectivity index (χ2v) is 6.59. The highest BCUT2D eigenvalue weighted by Crippen LogP contribution is 2.30. The van der Waals surface area contributed by atoms with Crippen LogP contribution < -0.4 is 5.73 Å². The topological polar surface area (TPSA) is 29.3 Å². The monoisotopic (exact) mass is 248 g/mol. The molecule has 1 aromatic rings. The first-order valence-electron chi connectivity index (χ1n) is 6.67. The normalized spacial score (nSPS) is 15.8. The molecule has 2 unspecified atom stereocenters. The van der Waals surface area contributed by atoms with E-state index in [9.17, 15) is 0 Å². The fourth-order valence-electron chi connectivity index (χ4n) is 2.46. The zero-order valence-corrected chi connectivity index (χ0v) is 12.9. The van der Waals surface area contributed by atoms with Crippen molar-refractivity contribution in [3.8, 4) is 0 Å². The van der Waals surface area contributed by atoms with Gasteiger partial charge in [-0.3, -0.25) is 0 Å². The third kappa shape index (κ3) is 3.33. The molecule has 0 aliphatic heterocycles. The molecule has 0 heterocycles. The zero-order chi connectivity index (χ0) is 14.1. The largest absolute Gasteiger partial charge is 0.326 e. The summed E-state index contributed by atoms with van der Waals surface area (Å²) in [6.45, 7) is 11.0. The van der Waals surface area contributed by atoms with Crippen LogP contribution in [-0.4, -0.2) is 25.0 Å². The van der Waals surface area contributed by atoms with E-state index in [1.807, 2.05) is 0 Å². The highest BCUT2D eigenvalue weighted by atomic mass is 15.1. The van der Waals surface area contributed by atoms with Crippen molar-refractivity contribution in [3.63, 3.8) is 0 Å². The SMILES string of the molecule is Cc1ccc(C(C)(C)C)cc1C(C(C)N)N(C)C. The molecule has 0 saturated carbocycles. The Balaban J connectivity index is 3.30. The van der Waals surface area contributed by atoms with Crippen LogP contribution in [0.1, 0.15) is 50.4 Å². The zero-order valence-electron chi connectivity index (χ0n) is 12.9. The first-order chi connectivity index (χ1) is 8.14. The van der Waals surface area contributed by atoms with Gasteiger partial charge in [-0.1, -0.05) is 39.0 Å². The van der Waals surface area contributed by atoms with Crippen molar-refractivity contribution >= 4 is 0 Å². The molecule has 0 bridgehead atoms. The minimum Gasteiger partial charge on any atom is -0.326 e. The molecule has 0 aliphatic carbocycles. The van der Waals surface area contributed by atoms with Crippen LogP contribution in [0, 0.1) is 6.92 Å². The first-order valence-corrected chi connectivity index (χ1v) is 6.67. The van der Waals surface area contributed by atoms with Gasteiger partial charge in [0.05, 0.1) is 0 Å². The summed E-state index contributed by atoms with van der Waals surface area (Å²) in [5, 5.41) is 0. The Kier molecular flexibility index (Phi) is 4.57. The maximum Gasteiger partial charge on any atom is 0.0493 e. The summed E-state index contributed by atoms with van der Waals surface area (Å²) < 4.78 is 0. The average Bonchev–Trinajstić information content (AvgIpc) is 2.18. The highest BCUT2D eigenvalue weighted by molar-refractivity contribution is 5.37. The molecule has 0 spiro atoms. The van der Waals surface area contributed by atoms with Gasteiger partial charge in [0.25, 0.3) is 0 Å². The van der Waals surface area contributed by atoms with Crippen LogP contribution in [0.15, 0.2) is 18.2 Å². The van der Waals surface area contributed by atoms with Gasteiger partial charge in [0.1, 0.15) is 0 Å². The van der Waals surface area contributed by atoms with Crippen molar-refractivity contribution in [1.29, 1.82) is 0 Å². The van der Waals surface area contributed by atoms with Crippen molar-refractivity contribution in [2.24, 2.45) is 5.73 Å². The Labute approximate surface area is 112 Å². The lowest BCUT2D eigenvalue weighted by Gasteiger charge is -2.31. The molecular weight excluding hydrogens is 220 g/mol. The van der Waals surface area contributed by atoms with E-state index >= 15 is 0 Å². The van der Waals surface area contributed by atoms with Crippen LogP contribution >= 0.6 is 0 Å². The number of benzene rings is 1. The Morgan fingerprint density at radius 1 is 1.17 bits per heavy atom. The molecule has 102 valence electrons. The number of nitrogens with zero attached hydrogens (tertiary/aromatic N) is 1. The lowest BCUT2D eigenvalue weighted by Crippen LogP contribution is -2.35. The average molecular weight is 248 g/mol. The van der Waals surface area contributed by atoms with Crippen LogP contribution in [0.25, 0.3) is 0 Å². The van der Waals surface area contributed by atoms with Crippen LogP contribution in [0.4, 0.5) is 0 Å². The van der Waals surface area contributed by atoms with Crippen molar-refractivity contribution in [3.05, 3.63) is 34.9 Å². The van der Waals surface area contributed by atoms with Crippen molar-refractivity contribution < 1.29 is 0 Å². The summed E-state index contributed by atoms with van der Waals surface area (Å²) in [7, 11) is 4.19. The van der Waals surface area contributed by atoms with Crippen molar-refractivity contribution in [2.75, 3.05) is 14.1 Å². The van der Waals surface area contributed by atoms with E-state index in [1.165, 1.54) is 16.7 Å². The maximum atomic E-state index is 6.16. The van der Waals surface area contributed by atoms with E-state index < -0.39 is 0 Å². The fourth-order valence-corrected chi connectivity index (χ4v) is 2.46. The molecule has 1 rings (SSSR count). The molecule has 2 nitrogen and oxygen atoms in total. The van der Waals surface area contributed by atoms with Gasteiger partial charge in [0, 0.05) is 12.1 Å². The fraction of sp³-hybridized carbons (Fsp3) is 0.625. The molecule has 2 N–H and O–H groups in total. The van der Waals surface area contributed by atoms with Gasteiger partial charge in [-0.25, -0.2) is 0 Å². The van der Waals surface area contributed by atoms with Gasteiger partial charge in [-0.15, -0.1) is 0 Å². The van der Waals surface area contributed by atoms with E-state index in [2.05, 4.69) is 71.8 Å². The van der Waals surface area contributed by atoms with Crippen molar-refractivity contribution in [1.82, 2.24) is 4.90 Å². The summed E-state index contributed by atoms with van der Waals surface area (Å²) in [6, 6.07) is 7.16. The number of likely N-dealkylation sites (N-methyl/N-ethyl adjacent to an activating group) is 1. The van der Waals surface area contributed by atoms with Crippen LogP contribution in [0.2, 0.25) is 0 Å². The van der Waals surface area contributed by atoms with Gasteiger partial charge in [0.2, 0.25) is 0 Å². The predicted octanol–water partition coefficient (Wildman–Crippen LogP) is 3.24. The van der Waals surface area contributed by atoms with Crippen LogP contribution in [-0.2, 0) is 5.41 Å². The van der Waals surface area contributed by atoms with Gasteiger partial charge < -0.3 is 10.6 Å². The number of hydrogen-bond donors (Lipinski definition) is 1. The molecular formula is C16H28N2. The summed E-state index contributed by atoms with van der Waals surface area (Å²) in [6.07, 6.45) is 0. The molecule has 0 fully saturated rings. The minimum atomic E-state index is 0.119. The first kappa shape index (κ1) is 15.2. The summed E-state index contributed by atoms with van der Waals surface area (Å²) in [5.41, 5.74) is 10.4. The number of aryl methyl sites for hydroxylation is 1. The number of nitrogens with two attached hydrogens (primary N) is 1. The Morgan fingerprint density at radius 2 is 1.72 bits per heavy atom. The van der Waals surface area contributed by atoms with E-state index in [0.29, 0.717) is 0 Å². The second kappa shape index (κ2) is 5.41. The Hall–Kier alpha value is -0.860. The van der Waals surface area contributed by atoms with Crippen molar-refractivity contribution in [2.45, 2.75) is 52.1 Å². The third-order valence-corrected chi connectivity index (χ3v) is 3.52. The minimum absolute atomic E-state index is 0.119. The summed E-state index contributed by atoms with van der Waals surface area (Å²) in [5.74, 6) is 0. The predicted molar refractivity (Wildman–Crippen MR) is 80.0 cm³/mol. The van der Waals surface area contributed by atoms with Crippen LogP contribution in [0.3, 0.4) is 0 Å². The molecule has 0 amide bonds. The Morgan fingerprint density at radius 3 is 2.11 bits per heavy atom. The molecule has 18 heavy (non-hydrogen) atoms.